The second-order valence-corrected chi connectivity index (χ2v) is 3.04. The summed E-state index contributed by atoms with van der Waals surface area (Å²) in [6.45, 7) is 4.02. The quantitative estimate of drug-likeness (QED) is 0.771. The van der Waals surface area contributed by atoms with E-state index in [0.29, 0.717) is 5.88 Å². The number of methoxy groups -OCH3 is 1. The fraction of sp³-hybridized carbons (Fsp3) is 0.500. The SMILES string of the molecule is CCC(N)c1ccc(OC)nc1C. The van der Waals surface area contributed by atoms with E-state index in [0.717, 1.165) is 17.7 Å². The Morgan fingerprint density at radius 3 is 2.69 bits per heavy atom. The highest BCUT2D eigenvalue weighted by molar-refractivity contribution is 5.27. The Labute approximate surface area is 78.9 Å². The number of aryl methyl sites for hydroxylation is 1. The van der Waals surface area contributed by atoms with Crippen molar-refractivity contribution in [3.05, 3.63) is 23.4 Å². The lowest BCUT2D eigenvalue weighted by molar-refractivity contribution is 0.396. The van der Waals surface area contributed by atoms with E-state index >= 15 is 0 Å². The number of ether oxygens (including phenoxy) is 1. The molecule has 0 spiro atoms. The molecule has 1 heterocycles. The first kappa shape index (κ1) is 9.99. The van der Waals surface area contributed by atoms with Crippen LogP contribution in [0.15, 0.2) is 12.1 Å². The lowest BCUT2D eigenvalue weighted by atomic mass is 10.0. The van der Waals surface area contributed by atoms with Crippen LogP contribution in [0.5, 0.6) is 5.88 Å². The zero-order chi connectivity index (χ0) is 9.84. The highest BCUT2D eigenvalue weighted by atomic mass is 16.5. The van der Waals surface area contributed by atoms with Crippen molar-refractivity contribution in [2.24, 2.45) is 5.73 Å². The fourth-order valence-corrected chi connectivity index (χ4v) is 1.27. The predicted octanol–water partition coefficient (Wildman–Crippen LogP) is 1.81. The fourth-order valence-electron chi connectivity index (χ4n) is 1.27. The van der Waals surface area contributed by atoms with Gasteiger partial charge in [0.15, 0.2) is 0 Å². The van der Waals surface area contributed by atoms with Crippen LogP contribution >= 0.6 is 0 Å². The van der Waals surface area contributed by atoms with Gasteiger partial charge in [0, 0.05) is 17.8 Å². The summed E-state index contributed by atoms with van der Waals surface area (Å²) >= 11 is 0. The van der Waals surface area contributed by atoms with E-state index in [4.69, 9.17) is 10.5 Å². The molecule has 3 nitrogen and oxygen atoms in total. The van der Waals surface area contributed by atoms with Crippen molar-refractivity contribution in [3.8, 4) is 5.88 Å². The number of hydrogen-bond acceptors (Lipinski definition) is 3. The molecule has 0 aromatic carbocycles. The number of hydrogen-bond donors (Lipinski definition) is 1. The molecule has 0 saturated carbocycles. The second-order valence-electron chi connectivity index (χ2n) is 3.04. The van der Waals surface area contributed by atoms with Gasteiger partial charge in [0.25, 0.3) is 0 Å². The maximum absolute atomic E-state index is 5.91. The molecule has 1 unspecified atom stereocenters. The second kappa shape index (κ2) is 4.23. The Morgan fingerprint density at radius 1 is 1.54 bits per heavy atom. The molecular weight excluding hydrogens is 164 g/mol. The van der Waals surface area contributed by atoms with Crippen molar-refractivity contribution in [3.63, 3.8) is 0 Å². The number of rotatable bonds is 3. The molecular formula is C10H16N2O. The molecule has 0 radical (unpaired) electrons. The summed E-state index contributed by atoms with van der Waals surface area (Å²) in [6, 6.07) is 3.91. The predicted molar refractivity (Wildman–Crippen MR) is 52.7 cm³/mol. The summed E-state index contributed by atoms with van der Waals surface area (Å²) in [4.78, 5) is 4.26. The van der Waals surface area contributed by atoms with Gasteiger partial charge in [-0.15, -0.1) is 0 Å². The largest absolute Gasteiger partial charge is 0.481 e. The summed E-state index contributed by atoms with van der Waals surface area (Å²) in [5.74, 6) is 0.643. The average molecular weight is 180 g/mol. The van der Waals surface area contributed by atoms with E-state index < -0.39 is 0 Å². The summed E-state index contributed by atoms with van der Waals surface area (Å²) in [5, 5.41) is 0. The van der Waals surface area contributed by atoms with Crippen LogP contribution in [-0.2, 0) is 0 Å². The smallest absolute Gasteiger partial charge is 0.213 e. The molecule has 1 rings (SSSR count). The number of nitrogens with zero attached hydrogens (tertiary/aromatic N) is 1. The van der Waals surface area contributed by atoms with Crippen molar-refractivity contribution < 1.29 is 4.74 Å². The molecule has 1 aromatic rings. The van der Waals surface area contributed by atoms with E-state index in [2.05, 4.69) is 11.9 Å². The summed E-state index contributed by atoms with van der Waals surface area (Å²) < 4.78 is 5.01. The molecule has 1 aromatic heterocycles. The monoisotopic (exact) mass is 180 g/mol. The van der Waals surface area contributed by atoms with Crippen LogP contribution in [0.1, 0.15) is 30.6 Å². The van der Waals surface area contributed by atoms with Crippen LogP contribution in [0.4, 0.5) is 0 Å². The number of aromatic nitrogens is 1. The van der Waals surface area contributed by atoms with Gasteiger partial charge in [0.05, 0.1) is 7.11 Å². The normalized spacial score (nSPS) is 12.6. The minimum atomic E-state index is 0.0819. The Kier molecular flexibility index (Phi) is 3.25. The molecule has 2 N–H and O–H groups in total. The van der Waals surface area contributed by atoms with Crippen LogP contribution in [-0.4, -0.2) is 12.1 Å². The van der Waals surface area contributed by atoms with E-state index in [-0.39, 0.29) is 6.04 Å². The van der Waals surface area contributed by atoms with Gasteiger partial charge in [-0.1, -0.05) is 13.0 Å². The Morgan fingerprint density at radius 2 is 2.23 bits per heavy atom. The van der Waals surface area contributed by atoms with Crippen molar-refractivity contribution in [2.45, 2.75) is 26.3 Å². The van der Waals surface area contributed by atoms with Crippen LogP contribution in [0.2, 0.25) is 0 Å². The molecule has 1 atom stereocenters. The average Bonchev–Trinajstić information content (AvgIpc) is 2.16. The summed E-state index contributed by atoms with van der Waals surface area (Å²) in [6.07, 6.45) is 0.925. The van der Waals surface area contributed by atoms with Gasteiger partial charge >= 0.3 is 0 Å². The van der Waals surface area contributed by atoms with E-state index in [1.807, 2.05) is 19.1 Å². The van der Waals surface area contributed by atoms with Gasteiger partial charge in [-0.25, -0.2) is 4.98 Å². The first-order chi connectivity index (χ1) is 6.19. The molecule has 0 aliphatic heterocycles. The Bertz CT molecular complexity index is 286. The first-order valence-electron chi connectivity index (χ1n) is 4.46. The van der Waals surface area contributed by atoms with Crippen molar-refractivity contribution >= 4 is 0 Å². The van der Waals surface area contributed by atoms with E-state index in [1.165, 1.54) is 0 Å². The molecule has 13 heavy (non-hydrogen) atoms. The van der Waals surface area contributed by atoms with Crippen LogP contribution in [0.25, 0.3) is 0 Å². The van der Waals surface area contributed by atoms with Crippen molar-refractivity contribution in [1.29, 1.82) is 0 Å². The minimum Gasteiger partial charge on any atom is -0.481 e. The van der Waals surface area contributed by atoms with Gasteiger partial charge < -0.3 is 10.5 Å². The molecule has 3 heteroatoms. The number of pyridine rings is 1. The Hall–Kier alpha value is -1.09. The van der Waals surface area contributed by atoms with Crippen LogP contribution in [0, 0.1) is 6.92 Å². The highest BCUT2D eigenvalue weighted by Crippen LogP contribution is 2.19. The summed E-state index contributed by atoms with van der Waals surface area (Å²) in [7, 11) is 1.61. The molecule has 0 saturated heterocycles. The van der Waals surface area contributed by atoms with Gasteiger partial charge in [-0.3, -0.25) is 0 Å². The molecule has 0 amide bonds. The number of nitrogens with two attached hydrogens (primary N) is 1. The molecule has 0 aliphatic carbocycles. The molecule has 0 bridgehead atoms. The lowest BCUT2D eigenvalue weighted by Crippen LogP contribution is -2.11. The van der Waals surface area contributed by atoms with Crippen LogP contribution < -0.4 is 10.5 Å². The molecule has 0 aliphatic rings. The third kappa shape index (κ3) is 2.18. The first-order valence-corrected chi connectivity index (χ1v) is 4.46. The van der Waals surface area contributed by atoms with E-state index in [9.17, 15) is 0 Å². The zero-order valence-corrected chi connectivity index (χ0v) is 8.37. The topological polar surface area (TPSA) is 48.1 Å². The van der Waals surface area contributed by atoms with Crippen molar-refractivity contribution in [1.82, 2.24) is 4.98 Å². The van der Waals surface area contributed by atoms with Crippen molar-refractivity contribution in [2.75, 3.05) is 7.11 Å². The van der Waals surface area contributed by atoms with Gasteiger partial charge in [0.2, 0.25) is 5.88 Å². The van der Waals surface area contributed by atoms with Crippen LogP contribution in [0.3, 0.4) is 0 Å². The molecule has 0 fully saturated rings. The van der Waals surface area contributed by atoms with E-state index in [1.54, 1.807) is 7.11 Å². The maximum Gasteiger partial charge on any atom is 0.213 e. The third-order valence-electron chi connectivity index (χ3n) is 2.15. The zero-order valence-electron chi connectivity index (χ0n) is 8.37. The van der Waals surface area contributed by atoms with Gasteiger partial charge in [-0.2, -0.15) is 0 Å². The third-order valence-corrected chi connectivity index (χ3v) is 2.15. The minimum absolute atomic E-state index is 0.0819. The standard InChI is InChI=1S/C10H16N2O/c1-4-9(11)8-5-6-10(13-3)12-7(8)2/h5-6,9H,4,11H2,1-3H3. The summed E-state index contributed by atoms with van der Waals surface area (Å²) in [5.41, 5.74) is 7.96. The van der Waals surface area contributed by atoms with Gasteiger partial charge in [-0.05, 0) is 18.9 Å². The lowest BCUT2D eigenvalue weighted by Gasteiger charge is -2.12. The van der Waals surface area contributed by atoms with Gasteiger partial charge in [0.1, 0.15) is 0 Å². The molecule has 72 valence electrons. The highest BCUT2D eigenvalue weighted by Gasteiger charge is 2.08. The Balaban J connectivity index is 2.98. The maximum atomic E-state index is 5.91.